The van der Waals surface area contributed by atoms with Gasteiger partial charge in [-0.2, -0.15) is 13.2 Å². The van der Waals surface area contributed by atoms with Gasteiger partial charge in [0.15, 0.2) is 5.78 Å². The number of nitrogens with one attached hydrogen (secondary N) is 1. The van der Waals surface area contributed by atoms with E-state index in [1.54, 1.807) is 0 Å². The van der Waals surface area contributed by atoms with E-state index in [1.807, 2.05) is 0 Å². The lowest BCUT2D eigenvalue weighted by atomic mass is 9.86. The van der Waals surface area contributed by atoms with Gasteiger partial charge in [0, 0.05) is 23.9 Å². The normalized spacial score (nSPS) is 21.1. The molecule has 1 amide bonds. The van der Waals surface area contributed by atoms with Gasteiger partial charge in [0.2, 0.25) is 5.91 Å². The molecule has 2 aromatic rings. The van der Waals surface area contributed by atoms with Crippen LogP contribution in [0.2, 0.25) is 0 Å². The van der Waals surface area contributed by atoms with Gasteiger partial charge in [-0.1, -0.05) is 6.07 Å². The van der Waals surface area contributed by atoms with Gasteiger partial charge in [-0.05, 0) is 50.3 Å². The van der Waals surface area contributed by atoms with Crippen LogP contribution in [0.4, 0.5) is 23.2 Å². The molecule has 1 fully saturated rings. The van der Waals surface area contributed by atoms with E-state index in [1.165, 1.54) is 51.6 Å². The minimum Gasteiger partial charge on any atom is -0.496 e. The third-order valence-corrected chi connectivity index (χ3v) is 5.79. The number of halogens is 4. The Labute approximate surface area is 176 Å². The van der Waals surface area contributed by atoms with E-state index in [0.717, 1.165) is 0 Å². The standard InChI is InChI=1S/C22H22F4N2O3/c1-11-18(23)5-4-14(20(11)31-3)15-8-13(22(24,25)26)9-16(15)21(30)28-19-6-7-27-10-17(19)12(2)29/h4-7,10,13,15-16H,8-9H2,1-3H3,(H,27,28,30). The maximum atomic E-state index is 14.0. The molecule has 1 heterocycles. The first kappa shape index (κ1) is 22.7. The summed E-state index contributed by atoms with van der Waals surface area (Å²) in [5, 5.41) is 2.59. The number of methoxy groups -OCH3 is 1. The van der Waals surface area contributed by atoms with Gasteiger partial charge in [-0.3, -0.25) is 14.6 Å². The molecule has 1 N–H and O–H groups in total. The summed E-state index contributed by atoms with van der Waals surface area (Å²) in [6.45, 7) is 2.77. The van der Waals surface area contributed by atoms with E-state index in [9.17, 15) is 27.2 Å². The predicted molar refractivity (Wildman–Crippen MR) is 106 cm³/mol. The molecule has 0 bridgehead atoms. The van der Waals surface area contributed by atoms with Gasteiger partial charge >= 0.3 is 6.18 Å². The fourth-order valence-electron chi connectivity index (χ4n) is 4.20. The fourth-order valence-corrected chi connectivity index (χ4v) is 4.20. The van der Waals surface area contributed by atoms with Crippen molar-refractivity contribution < 1.29 is 31.9 Å². The number of hydrogen-bond donors (Lipinski definition) is 1. The molecule has 3 atom stereocenters. The van der Waals surface area contributed by atoms with Gasteiger partial charge in [-0.15, -0.1) is 0 Å². The Morgan fingerprint density at radius 3 is 2.52 bits per heavy atom. The molecule has 0 radical (unpaired) electrons. The number of aromatic nitrogens is 1. The van der Waals surface area contributed by atoms with Crippen LogP contribution >= 0.6 is 0 Å². The summed E-state index contributed by atoms with van der Waals surface area (Å²) >= 11 is 0. The number of nitrogens with zero attached hydrogens (tertiary/aromatic N) is 1. The maximum Gasteiger partial charge on any atom is 0.391 e. The molecule has 0 aliphatic heterocycles. The number of hydrogen-bond acceptors (Lipinski definition) is 4. The molecule has 5 nitrogen and oxygen atoms in total. The molecule has 0 saturated heterocycles. The zero-order chi connectivity index (χ0) is 22.9. The van der Waals surface area contributed by atoms with Crippen molar-refractivity contribution in [3.05, 3.63) is 53.1 Å². The highest BCUT2D eigenvalue weighted by Crippen LogP contribution is 2.52. The zero-order valence-electron chi connectivity index (χ0n) is 17.2. The highest BCUT2D eigenvalue weighted by atomic mass is 19.4. The molecule has 1 aliphatic carbocycles. The third-order valence-electron chi connectivity index (χ3n) is 5.79. The van der Waals surface area contributed by atoms with Crippen molar-refractivity contribution in [3.8, 4) is 5.75 Å². The summed E-state index contributed by atoms with van der Waals surface area (Å²) in [7, 11) is 1.31. The number of carbonyl (C=O) groups excluding carboxylic acids is 2. The summed E-state index contributed by atoms with van der Waals surface area (Å²) in [5.74, 6) is -4.95. The molecule has 31 heavy (non-hydrogen) atoms. The van der Waals surface area contributed by atoms with Crippen molar-refractivity contribution in [2.45, 2.75) is 38.8 Å². The molecule has 3 rings (SSSR count). The molecule has 3 unspecified atom stereocenters. The Morgan fingerprint density at radius 2 is 1.90 bits per heavy atom. The number of anilines is 1. The lowest BCUT2D eigenvalue weighted by Crippen LogP contribution is -2.27. The molecular weight excluding hydrogens is 416 g/mol. The molecule has 1 saturated carbocycles. The van der Waals surface area contributed by atoms with Crippen LogP contribution in [0.1, 0.15) is 47.2 Å². The number of Topliss-reactive ketones (excluding diaryl/α,β-unsaturated/α-hetero) is 1. The highest BCUT2D eigenvalue weighted by molar-refractivity contribution is 6.04. The lowest BCUT2D eigenvalue weighted by molar-refractivity contribution is -0.173. The number of pyridine rings is 1. The Morgan fingerprint density at radius 1 is 1.19 bits per heavy atom. The summed E-state index contributed by atoms with van der Waals surface area (Å²) < 4.78 is 59.9. The Balaban J connectivity index is 1.99. The number of ketones is 1. The van der Waals surface area contributed by atoms with E-state index in [4.69, 9.17) is 4.74 Å². The summed E-state index contributed by atoms with van der Waals surface area (Å²) in [5.41, 5.74) is 0.870. The van der Waals surface area contributed by atoms with Gasteiger partial charge in [0.1, 0.15) is 11.6 Å². The second-order valence-corrected chi connectivity index (χ2v) is 7.68. The molecule has 166 valence electrons. The predicted octanol–water partition coefficient (Wildman–Crippen LogP) is 5.05. The molecule has 9 heteroatoms. The fraction of sp³-hybridized carbons (Fsp3) is 0.409. The Bertz CT molecular complexity index is 1010. The van der Waals surface area contributed by atoms with Crippen molar-refractivity contribution in [3.63, 3.8) is 0 Å². The van der Waals surface area contributed by atoms with Crippen molar-refractivity contribution in [1.82, 2.24) is 4.98 Å². The molecule has 1 aliphatic rings. The average Bonchev–Trinajstić information content (AvgIpc) is 3.16. The molecule has 0 spiro atoms. The van der Waals surface area contributed by atoms with Crippen molar-refractivity contribution in [2.24, 2.45) is 11.8 Å². The summed E-state index contributed by atoms with van der Waals surface area (Å²) in [6.07, 6.45) is -2.55. The third kappa shape index (κ3) is 4.55. The van der Waals surface area contributed by atoms with Crippen LogP contribution in [-0.4, -0.2) is 30.0 Å². The smallest absolute Gasteiger partial charge is 0.391 e. The van der Waals surface area contributed by atoms with Crippen LogP contribution in [0.5, 0.6) is 5.75 Å². The van der Waals surface area contributed by atoms with Crippen LogP contribution in [0.15, 0.2) is 30.6 Å². The van der Waals surface area contributed by atoms with Crippen molar-refractivity contribution in [2.75, 3.05) is 12.4 Å². The van der Waals surface area contributed by atoms with Gasteiger partial charge < -0.3 is 10.1 Å². The highest BCUT2D eigenvalue weighted by Gasteiger charge is 2.51. The monoisotopic (exact) mass is 438 g/mol. The maximum absolute atomic E-state index is 14.0. The average molecular weight is 438 g/mol. The topological polar surface area (TPSA) is 68.3 Å². The number of rotatable bonds is 5. The Kier molecular flexibility index (Phi) is 6.33. The van der Waals surface area contributed by atoms with Crippen LogP contribution in [0, 0.1) is 24.6 Å². The SMILES string of the molecule is COc1c(C2CC(C(F)(F)F)CC2C(=O)Nc2ccncc2C(C)=O)ccc(F)c1C. The van der Waals surface area contributed by atoms with E-state index in [2.05, 4.69) is 10.3 Å². The van der Waals surface area contributed by atoms with Crippen LogP contribution in [0.25, 0.3) is 0 Å². The van der Waals surface area contributed by atoms with E-state index < -0.39 is 42.1 Å². The number of ether oxygens (including phenoxy) is 1. The van der Waals surface area contributed by atoms with E-state index >= 15 is 0 Å². The first-order valence-corrected chi connectivity index (χ1v) is 9.70. The van der Waals surface area contributed by atoms with Crippen molar-refractivity contribution in [1.29, 1.82) is 0 Å². The summed E-state index contributed by atoms with van der Waals surface area (Å²) in [4.78, 5) is 28.7. The second kappa shape index (κ2) is 8.64. The first-order valence-electron chi connectivity index (χ1n) is 9.70. The quantitative estimate of drug-likeness (QED) is 0.524. The Hall–Kier alpha value is -2.97. The molecule has 1 aromatic carbocycles. The van der Waals surface area contributed by atoms with Crippen LogP contribution in [-0.2, 0) is 4.79 Å². The number of benzene rings is 1. The van der Waals surface area contributed by atoms with E-state index in [0.29, 0.717) is 5.56 Å². The minimum absolute atomic E-state index is 0.138. The van der Waals surface area contributed by atoms with Gasteiger partial charge in [0.05, 0.1) is 24.3 Å². The first-order chi connectivity index (χ1) is 14.5. The number of amides is 1. The van der Waals surface area contributed by atoms with E-state index in [-0.39, 0.29) is 34.8 Å². The molecule has 1 aromatic heterocycles. The van der Waals surface area contributed by atoms with Crippen LogP contribution in [0.3, 0.4) is 0 Å². The van der Waals surface area contributed by atoms with Crippen molar-refractivity contribution >= 4 is 17.4 Å². The minimum atomic E-state index is -4.48. The van der Waals surface area contributed by atoms with Crippen LogP contribution < -0.4 is 10.1 Å². The summed E-state index contributed by atoms with van der Waals surface area (Å²) in [6, 6.07) is 3.96. The number of carbonyl (C=O) groups is 2. The second-order valence-electron chi connectivity index (χ2n) is 7.68. The lowest BCUT2D eigenvalue weighted by Gasteiger charge is -2.23. The zero-order valence-corrected chi connectivity index (χ0v) is 17.2. The largest absolute Gasteiger partial charge is 0.496 e. The van der Waals surface area contributed by atoms with Gasteiger partial charge in [-0.25, -0.2) is 4.39 Å². The van der Waals surface area contributed by atoms with Gasteiger partial charge in [0.25, 0.3) is 0 Å². The molecular formula is C22H22F4N2O3. The number of alkyl halides is 3.